The molecule has 102 valence electrons. The highest BCUT2D eigenvalue weighted by Crippen LogP contribution is 2.38. The van der Waals surface area contributed by atoms with Crippen LogP contribution in [0.4, 0.5) is 0 Å². The van der Waals surface area contributed by atoms with Crippen LogP contribution in [0, 0.1) is 11.8 Å². The largest absolute Gasteiger partial charge is 0.497 e. The molecule has 2 fully saturated rings. The van der Waals surface area contributed by atoms with Crippen molar-refractivity contribution in [3.05, 3.63) is 29.8 Å². The predicted octanol–water partition coefficient (Wildman–Crippen LogP) is 1.54. The van der Waals surface area contributed by atoms with Gasteiger partial charge in [0.05, 0.1) is 13.2 Å². The van der Waals surface area contributed by atoms with Crippen LogP contribution in [0.15, 0.2) is 24.3 Å². The standard InChI is InChI=1S/C15H19NO3/c1-19-12-5-2-10(3-6-12)15(18)16-8-11-4-7-14(17)13(11)9-16/h2-3,5-6,11,13-14,17H,4,7-9H2,1H3. The Morgan fingerprint density at radius 1 is 1.26 bits per heavy atom. The van der Waals surface area contributed by atoms with E-state index in [2.05, 4.69) is 0 Å². The van der Waals surface area contributed by atoms with Crippen LogP contribution in [0.5, 0.6) is 5.75 Å². The van der Waals surface area contributed by atoms with Crippen LogP contribution in [-0.4, -0.2) is 42.2 Å². The van der Waals surface area contributed by atoms with Gasteiger partial charge in [0, 0.05) is 24.6 Å². The molecular weight excluding hydrogens is 242 g/mol. The Hall–Kier alpha value is -1.55. The Morgan fingerprint density at radius 3 is 2.63 bits per heavy atom. The van der Waals surface area contributed by atoms with E-state index in [0.717, 1.165) is 25.1 Å². The van der Waals surface area contributed by atoms with Crippen molar-refractivity contribution in [2.24, 2.45) is 11.8 Å². The second kappa shape index (κ2) is 4.85. The molecule has 0 aromatic heterocycles. The third-order valence-electron chi connectivity index (χ3n) is 4.44. The van der Waals surface area contributed by atoms with Crippen molar-refractivity contribution in [1.29, 1.82) is 0 Å². The third kappa shape index (κ3) is 2.21. The lowest BCUT2D eigenvalue weighted by Crippen LogP contribution is -2.31. The van der Waals surface area contributed by atoms with Gasteiger partial charge in [-0.3, -0.25) is 4.79 Å². The highest BCUT2D eigenvalue weighted by molar-refractivity contribution is 5.94. The molecule has 0 spiro atoms. The third-order valence-corrected chi connectivity index (χ3v) is 4.44. The summed E-state index contributed by atoms with van der Waals surface area (Å²) in [6.45, 7) is 1.48. The number of nitrogens with zero attached hydrogens (tertiary/aromatic N) is 1. The molecule has 2 aliphatic rings. The lowest BCUT2D eigenvalue weighted by molar-refractivity contribution is 0.0752. The van der Waals surface area contributed by atoms with Crippen LogP contribution in [0.2, 0.25) is 0 Å². The Kier molecular flexibility index (Phi) is 3.19. The van der Waals surface area contributed by atoms with Crippen molar-refractivity contribution in [1.82, 2.24) is 4.90 Å². The first-order chi connectivity index (χ1) is 9.19. The number of aliphatic hydroxyl groups excluding tert-OH is 1. The molecule has 1 aliphatic heterocycles. The number of hydrogen-bond donors (Lipinski definition) is 1. The first-order valence-electron chi connectivity index (χ1n) is 6.80. The number of ether oxygens (including phenoxy) is 1. The maximum atomic E-state index is 12.4. The van der Waals surface area contributed by atoms with Gasteiger partial charge in [0.1, 0.15) is 5.75 Å². The SMILES string of the molecule is COc1ccc(C(=O)N2CC3CCC(O)C3C2)cc1. The van der Waals surface area contributed by atoms with E-state index in [4.69, 9.17) is 4.74 Å². The molecular formula is C15H19NO3. The number of carbonyl (C=O) groups excluding carboxylic acids is 1. The average molecular weight is 261 g/mol. The van der Waals surface area contributed by atoms with Gasteiger partial charge in [-0.2, -0.15) is 0 Å². The second-order valence-electron chi connectivity index (χ2n) is 5.51. The van der Waals surface area contributed by atoms with Gasteiger partial charge in [0.2, 0.25) is 0 Å². The van der Waals surface area contributed by atoms with Crippen molar-refractivity contribution in [2.75, 3.05) is 20.2 Å². The summed E-state index contributed by atoms with van der Waals surface area (Å²) in [4.78, 5) is 14.3. The number of carbonyl (C=O) groups is 1. The summed E-state index contributed by atoms with van der Waals surface area (Å²) in [6, 6.07) is 7.20. The summed E-state index contributed by atoms with van der Waals surface area (Å²) in [7, 11) is 1.61. The van der Waals surface area contributed by atoms with Gasteiger partial charge in [-0.15, -0.1) is 0 Å². The number of methoxy groups -OCH3 is 1. The van der Waals surface area contributed by atoms with Crippen molar-refractivity contribution in [2.45, 2.75) is 18.9 Å². The highest BCUT2D eigenvalue weighted by atomic mass is 16.5. The predicted molar refractivity (Wildman–Crippen MR) is 71.1 cm³/mol. The lowest BCUT2D eigenvalue weighted by Gasteiger charge is -2.18. The molecule has 1 amide bonds. The first-order valence-corrected chi connectivity index (χ1v) is 6.80. The molecule has 1 aliphatic carbocycles. The van der Waals surface area contributed by atoms with Gasteiger partial charge in [-0.25, -0.2) is 0 Å². The van der Waals surface area contributed by atoms with E-state index in [-0.39, 0.29) is 17.9 Å². The van der Waals surface area contributed by atoms with E-state index in [1.165, 1.54) is 0 Å². The summed E-state index contributed by atoms with van der Waals surface area (Å²) in [5.74, 6) is 1.58. The van der Waals surface area contributed by atoms with Crippen molar-refractivity contribution in [3.63, 3.8) is 0 Å². The maximum Gasteiger partial charge on any atom is 0.253 e. The zero-order valence-electron chi connectivity index (χ0n) is 11.1. The molecule has 1 aromatic carbocycles. The fourth-order valence-electron chi connectivity index (χ4n) is 3.32. The normalized spacial score (nSPS) is 29.4. The van der Waals surface area contributed by atoms with Gasteiger partial charge >= 0.3 is 0 Å². The van der Waals surface area contributed by atoms with Gasteiger partial charge in [-0.1, -0.05) is 0 Å². The fourth-order valence-corrected chi connectivity index (χ4v) is 3.32. The van der Waals surface area contributed by atoms with E-state index in [0.29, 0.717) is 18.0 Å². The number of fused-ring (bicyclic) bond motifs is 1. The molecule has 19 heavy (non-hydrogen) atoms. The average Bonchev–Trinajstić information content (AvgIpc) is 3.01. The van der Waals surface area contributed by atoms with E-state index in [9.17, 15) is 9.90 Å². The summed E-state index contributed by atoms with van der Waals surface area (Å²) in [5.41, 5.74) is 0.690. The molecule has 4 heteroatoms. The van der Waals surface area contributed by atoms with Gasteiger partial charge in [0.25, 0.3) is 5.91 Å². The fraction of sp³-hybridized carbons (Fsp3) is 0.533. The summed E-state index contributed by atoms with van der Waals surface area (Å²) < 4.78 is 5.09. The molecule has 1 saturated carbocycles. The molecule has 4 nitrogen and oxygen atoms in total. The number of hydrogen-bond acceptors (Lipinski definition) is 3. The zero-order valence-corrected chi connectivity index (χ0v) is 11.1. The molecule has 0 bridgehead atoms. The minimum atomic E-state index is -0.223. The number of aliphatic hydroxyl groups is 1. The Bertz CT molecular complexity index is 471. The Labute approximate surface area is 113 Å². The molecule has 1 heterocycles. The van der Waals surface area contributed by atoms with Crippen molar-refractivity contribution >= 4 is 5.91 Å². The van der Waals surface area contributed by atoms with Crippen molar-refractivity contribution in [3.8, 4) is 5.75 Å². The number of benzene rings is 1. The number of amides is 1. The quantitative estimate of drug-likeness (QED) is 0.878. The molecule has 1 saturated heterocycles. The van der Waals surface area contributed by atoms with Crippen LogP contribution in [0.3, 0.4) is 0 Å². The summed E-state index contributed by atoms with van der Waals surface area (Å²) >= 11 is 0. The van der Waals surface area contributed by atoms with E-state index < -0.39 is 0 Å². The minimum Gasteiger partial charge on any atom is -0.497 e. The summed E-state index contributed by atoms with van der Waals surface area (Å²) in [5, 5.41) is 9.88. The van der Waals surface area contributed by atoms with Crippen LogP contribution >= 0.6 is 0 Å². The van der Waals surface area contributed by atoms with Gasteiger partial charge in [-0.05, 0) is 43.0 Å². The minimum absolute atomic E-state index is 0.0595. The molecule has 1 N–H and O–H groups in total. The zero-order chi connectivity index (χ0) is 13.4. The maximum absolute atomic E-state index is 12.4. The Balaban J connectivity index is 1.71. The van der Waals surface area contributed by atoms with Crippen molar-refractivity contribution < 1.29 is 14.6 Å². The summed E-state index contributed by atoms with van der Waals surface area (Å²) in [6.07, 6.45) is 1.71. The molecule has 3 unspecified atom stereocenters. The molecule has 3 atom stereocenters. The first kappa shape index (κ1) is 12.5. The molecule has 3 rings (SSSR count). The van der Waals surface area contributed by atoms with Crippen LogP contribution < -0.4 is 4.74 Å². The number of rotatable bonds is 2. The second-order valence-corrected chi connectivity index (χ2v) is 5.51. The topological polar surface area (TPSA) is 49.8 Å². The molecule has 0 radical (unpaired) electrons. The van der Waals surface area contributed by atoms with Crippen LogP contribution in [0.1, 0.15) is 23.2 Å². The monoisotopic (exact) mass is 261 g/mol. The Morgan fingerprint density at radius 2 is 2.00 bits per heavy atom. The lowest BCUT2D eigenvalue weighted by atomic mass is 10.00. The highest BCUT2D eigenvalue weighted by Gasteiger charge is 2.43. The number of likely N-dealkylation sites (tertiary alicyclic amines) is 1. The van der Waals surface area contributed by atoms with Crippen LogP contribution in [0.25, 0.3) is 0 Å². The van der Waals surface area contributed by atoms with Crippen LogP contribution in [-0.2, 0) is 0 Å². The van der Waals surface area contributed by atoms with E-state index in [1.54, 1.807) is 31.4 Å². The van der Waals surface area contributed by atoms with Gasteiger partial charge in [0.15, 0.2) is 0 Å². The molecule has 1 aromatic rings. The van der Waals surface area contributed by atoms with E-state index >= 15 is 0 Å². The van der Waals surface area contributed by atoms with E-state index in [1.807, 2.05) is 4.90 Å². The van der Waals surface area contributed by atoms with Gasteiger partial charge < -0.3 is 14.7 Å². The smallest absolute Gasteiger partial charge is 0.253 e.